The van der Waals surface area contributed by atoms with E-state index in [-0.39, 0.29) is 37.0 Å². The molecule has 0 aliphatic heterocycles. The lowest BCUT2D eigenvalue weighted by molar-refractivity contribution is -0.384. The molecule has 0 radical (unpaired) electrons. The van der Waals surface area contributed by atoms with Crippen molar-refractivity contribution >= 4 is 23.3 Å². The van der Waals surface area contributed by atoms with Gasteiger partial charge in [0.2, 0.25) is 11.8 Å². The number of amides is 2. The van der Waals surface area contributed by atoms with Crippen LogP contribution in [0.2, 0.25) is 0 Å². The van der Waals surface area contributed by atoms with Gasteiger partial charge < -0.3 is 15.4 Å². The second-order valence-corrected chi connectivity index (χ2v) is 10.1. The van der Waals surface area contributed by atoms with Crippen LogP contribution in [-0.4, -0.2) is 41.2 Å². The van der Waals surface area contributed by atoms with Gasteiger partial charge in [0.25, 0.3) is 5.69 Å². The number of non-ortho nitro benzene ring substituents is 1. The molecule has 9 nitrogen and oxygen atoms in total. The number of ether oxygens (including phenoxy) is 1. The number of hydrogen-bond donors (Lipinski definition) is 2. The van der Waals surface area contributed by atoms with Crippen LogP contribution in [0.4, 0.5) is 5.69 Å². The molecule has 0 saturated heterocycles. The number of carbonyl (C=O) groups excluding carboxylic acids is 3. The smallest absolute Gasteiger partial charge is 0.269 e. The van der Waals surface area contributed by atoms with Crippen molar-refractivity contribution in [1.29, 1.82) is 0 Å². The van der Waals surface area contributed by atoms with Crippen molar-refractivity contribution in [3.63, 3.8) is 0 Å². The summed E-state index contributed by atoms with van der Waals surface area (Å²) in [4.78, 5) is 50.2. The summed E-state index contributed by atoms with van der Waals surface area (Å²) in [5.41, 5.74) is 2.33. The van der Waals surface area contributed by atoms with Crippen LogP contribution < -0.4 is 10.6 Å². The third-order valence-corrected chi connectivity index (χ3v) is 6.92. The first-order valence-electron chi connectivity index (χ1n) is 13.8. The average Bonchev–Trinajstić information content (AvgIpc) is 2.98. The number of ketones is 1. The van der Waals surface area contributed by atoms with E-state index in [1.54, 1.807) is 6.07 Å². The molecule has 3 rings (SSSR count). The van der Waals surface area contributed by atoms with Gasteiger partial charge in [-0.3, -0.25) is 24.5 Å². The van der Waals surface area contributed by atoms with E-state index in [2.05, 4.69) is 10.6 Å². The molecule has 0 aliphatic rings. The molecule has 0 bridgehead atoms. The van der Waals surface area contributed by atoms with Gasteiger partial charge in [-0.1, -0.05) is 93.1 Å². The second-order valence-electron chi connectivity index (χ2n) is 10.1. The van der Waals surface area contributed by atoms with E-state index in [0.717, 1.165) is 11.1 Å². The summed E-state index contributed by atoms with van der Waals surface area (Å²) in [6, 6.07) is 23.3. The minimum Gasteiger partial charge on any atom is -0.369 e. The first-order chi connectivity index (χ1) is 19.8. The molecule has 216 valence electrons. The van der Waals surface area contributed by atoms with Crippen LogP contribution in [0.15, 0.2) is 84.9 Å². The molecule has 3 aromatic carbocycles. The Balaban J connectivity index is 1.68. The van der Waals surface area contributed by atoms with Gasteiger partial charge in [0.15, 0.2) is 5.78 Å². The van der Waals surface area contributed by atoms with Crippen molar-refractivity contribution in [3.05, 3.63) is 112 Å². The second kappa shape index (κ2) is 16.0. The van der Waals surface area contributed by atoms with Crippen molar-refractivity contribution in [2.75, 3.05) is 6.61 Å². The van der Waals surface area contributed by atoms with E-state index < -0.39 is 28.8 Å². The fourth-order valence-corrected chi connectivity index (χ4v) is 4.37. The lowest BCUT2D eigenvalue weighted by Crippen LogP contribution is -2.54. The first-order valence-corrected chi connectivity index (χ1v) is 13.8. The molecule has 0 saturated carbocycles. The highest BCUT2D eigenvalue weighted by molar-refractivity contribution is 5.93. The maximum atomic E-state index is 13.5. The molecule has 0 spiro atoms. The summed E-state index contributed by atoms with van der Waals surface area (Å²) >= 11 is 0. The molecule has 3 atom stereocenters. The summed E-state index contributed by atoms with van der Waals surface area (Å²) in [6.07, 6.45) is 1.44. The minimum atomic E-state index is -0.886. The monoisotopic (exact) mass is 559 g/mol. The zero-order valence-corrected chi connectivity index (χ0v) is 23.5. The number of nitro groups is 1. The standard InChI is InChI=1S/C32H37N3O6/c1-3-23(2)31(34-30(37)20-26-15-10-16-27(19-26)35(39)40)32(38)33-28(18-17-24-11-6-4-7-12-24)29(36)22-41-21-25-13-8-5-9-14-25/h4-16,19,23,28,31H,3,17-18,20-22H2,1-2H3,(H,33,38)(H,34,37)/t23?,28-,31-/m0/s1. The quantitative estimate of drug-likeness (QED) is 0.195. The van der Waals surface area contributed by atoms with Gasteiger partial charge in [0.05, 0.1) is 24.0 Å². The Morgan fingerprint density at radius 2 is 1.51 bits per heavy atom. The van der Waals surface area contributed by atoms with Crippen molar-refractivity contribution in [2.24, 2.45) is 5.92 Å². The van der Waals surface area contributed by atoms with E-state index in [9.17, 15) is 24.5 Å². The van der Waals surface area contributed by atoms with Gasteiger partial charge in [-0.2, -0.15) is 0 Å². The van der Waals surface area contributed by atoms with Gasteiger partial charge in [0, 0.05) is 12.1 Å². The summed E-state index contributed by atoms with van der Waals surface area (Å²) in [5, 5.41) is 16.7. The molecule has 9 heteroatoms. The number of rotatable bonds is 16. The largest absolute Gasteiger partial charge is 0.369 e. The Morgan fingerprint density at radius 3 is 2.15 bits per heavy atom. The molecule has 0 fully saturated rings. The summed E-state index contributed by atoms with van der Waals surface area (Å²) in [7, 11) is 0. The van der Waals surface area contributed by atoms with Crippen LogP contribution in [0.3, 0.4) is 0 Å². The predicted molar refractivity (Wildman–Crippen MR) is 156 cm³/mol. The summed E-state index contributed by atoms with van der Waals surface area (Å²) in [5.74, 6) is -1.37. The van der Waals surface area contributed by atoms with Gasteiger partial charge in [-0.05, 0) is 35.4 Å². The number of nitrogens with one attached hydrogen (secondary N) is 2. The molecular weight excluding hydrogens is 522 g/mol. The molecule has 3 aromatic rings. The van der Waals surface area contributed by atoms with Crippen molar-refractivity contribution < 1.29 is 24.0 Å². The SMILES string of the molecule is CCC(C)[C@H](NC(=O)Cc1cccc([N+](=O)[O-])c1)C(=O)N[C@@H](CCc1ccccc1)C(=O)COCc1ccccc1. The molecule has 41 heavy (non-hydrogen) atoms. The van der Waals surface area contributed by atoms with E-state index in [0.29, 0.717) is 24.8 Å². The van der Waals surface area contributed by atoms with Crippen LogP contribution in [0.25, 0.3) is 0 Å². The van der Waals surface area contributed by atoms with Crippen LogP contribution in [0, 0.1) is 16.0 Å². The maximum Gasteiger partial charge on any atom is 0.269 e. The topological polar surface area (TPSA) is 128 Å². The van der Waals surface area contributed by atoms with E-state index in [1.807, 2.05) is 74.5 Å². The zero-order valence-electron chi connectivity index (χ0n) is 23.5. The fourth-order valence-electron chi connectivity index (χ4n) is 4.37. The lowest BCUT2D eigenvalue weighted by Gasteiger charge is -2.26. The van der Waals surface area contributed by atoms with Gasteiger partial charge in [-0.25, -0.2) is 0 Å². The summed E-state index contributed by atoms with van der Waals surface area (Å²) < 4.78 is 5.66. The fraction of sp³-hybridized carbons (Fsp3) is 0.344. The third-order valence-electron chi connectivity index (χ3n) is 6.92. The maximum absolute atomic E-state index is 13.5. The first kappa shape index (κ1) is 31.2. The average molecular weight is 560 g/mol. The highest BCUT2D eigenvalue weighted by Gasteiger charge is 2.30. The molecule has 2 N–H and O–H groups in total. The van der Waals surface area contributed by atoms with Gasteiger partial charge >= 0.3 is 0 Å². The molecule has 0 heterocycles. The molecule has 0 aromatic heterocycles. The summed E-state index contributed by atoms with van der Waals surface area (Å²) in [6.45, 7) is 3.87. The third kappa shape index (κ3) is 10.3. The lowest BCUT2D eigenvalue weighted by atomic mass is 9.96. The van der Waals surface area contributed by atoms with E-state index in [4.69, 9.17) is 4.74 Å². The number of aryl methyl sites for hydroxylation is 1. The zero-order chi connectivity index (χ0) is 29.6. The highest BCUT2D eigenvalue weighted by Crippen LogP contribution is 2.15. The predicted octanol–water partition coefficient (Wildman–Crippen LogP) is 4.57. The van der Waals surface area contributed by atoms with Crippen molar-refractivity contribution in [1.82, 2.24) is 10.6 Å². The number of nitro benzene ring substituents is 1. The molecule has 0 aliphatic carbocycles. The minimum absolute atomic E-state index is 0.110. The Morgan fingerprint density at radius 1 is 0.878 bits per heavy atom. The number of carbonyl (C=O) groups is 3. The van der Waals surface area contributed by atoms with Crippen molar-refractivity contribution in [3.8, 4) is 0 Å². The normalized spacial score (nSPS) is 13.0. The van der Waals surface area contributed by atoms with Gasteiger partial charge in [-0.15, -0.1) is 0 Å². The van der Waals surface area contributed by atoms with Gasteiger partial charge in [0.1, 0.15) is 12.6 Å². The van der Waals surface area contributed by atoms with Crippen LogP contribution >= 0.6 is 0 Å². The van der Waals surface area contributed by atoms with Crippen molar-refractivity contribution in [2.45, 2.75) is 58.2 Å². The molecule has 1 unspecified atom stereocenters. The van der Waals surface area contributed by atoms with Crippen LogP contribution in [0.5, 0.6) is 0 Å². The Bertz CT molecular complexity index is 1300. The highest BCUT2D eigenvalue weighted by atomic mass is 16.6. The number of benzene rings is 3. The molecular formula is C32H37N3O6. The Kier molecular flexibility index (Phi) is 12.2. The number of nitrogens with zero attached hydrogens (tertiary/aromatic N) is 1. The number of Topliss-reactive ketones (excluding diaryl/α,β-unsaturated/α-hetero) is 1. The van der Waals surface area contributed by atoms with E-state index in [1.165, 1.54) is 18.2 Å². The number of hydrogen-bond acceptors (Lipinski definition) is 6. The van der Waals surface area contributed by atoms with Crippen LogP contribution in [-0.2, 0) is 38.6 Å². The Hall–Kier alpha value is -4.37. The van der Waals surface area contributed by atoms with Crippen LogP contribution in [0.1, 0.15) is 43.4 Å². The molecule has 2 amide bonds. The Labute approximate surface area is 240 Å². The van der Waals surface area contributed by atoms with E-state index >= 15 is 0 Å².